The standard InChI is InChI=1S/C24H22N4O4/c1-31-13-17-22(16-8-4-6-10-21(16)32-2)24-26-25-23-18(28(24)27-17)11-14(12-20(23)30)15-7-3-5-9-19(15)29/h3-10,14,29H,11-13H2,1-2H3/t14-/m1/s1. The molecule has 8 nitrogen and oxygen atoms in total. The van der Waals surface area contributed by atoms with E-state index < -0.39 is 0 Å². The number of ether oxygens (including phenoxy) is 2. The lowest BCUT2D eigenvalue weighted by molar-refractivity contribution is 0.0955. The van der Waals surface area contributed by atoms with E-state index >= 15 is 0 Å². The maximum Gasteiger partial charge on any atom is 0.186 e. The summed E-state index contributed by atoms with van der Waals surface area (Å²) in [6.45, 7) is 0.266. The van der Waals surface area contributed by atoms with Crippen LogP contribution < -0.4 is 4.74 Å². The number of aromatic nitrogens is 4. The molecule has 1 aliphatic rings. The van der Waals surface area contributed by atoms with E-state index in [9.17, 15) is 9.90 Å². The van der Waals surface area contributed by atoms with E-state index in [1.165, 1.54) is 0 Å². The third-order valence-electron chi connectivity index (χ3n) is 5.88. The van der Waals surface area contributed by atoms with E-state index in [2.05, 4.69) is 10.2 Å². The highest BCUT2D eigenvalue weighted by molar-refractivity contribution is 5.97. The van der Waals surface area contributed by atoms with Gasteiger partial charge in [-0.25, -0.2) is 4.52 Å². The second-order valence-corrected chi connectivity index (χ2v) is 7.77. The van der Waals surface area contributed by atoms with Crippen LogP contribution in [-0.4, -0.2) is 44.9 Å². The summed E-state index contributed by atoms with van der Waals surface area (Å²) < 4.78 is 12.7. The molecular formula is C24H22N4O4. The van der Waals surface area contributed by atoms with Crippen molar-refractivity contribution in [3.05, 3.63) is 71.2 Å². The maximum absolute atomic E-state index is 12.9. The number of carbonyl (C=O) groups is 1. The predicted octanol–water partition coefficient (Wildman–Crippen LogP) is 3.56. The summed E-state index contributed by atoms with van der Waals surface area (Å²) in [6.07, 6.45) is 0.764. The van der Waals surface area contributed by atoms with Crippen molar-refractivity contribution in [1.29, 1.82) is 0 Å². The highest BCUT2D eigenvalue weighted by atomic mass is 16.5. The molecule has 1 atom stereocenters. The molecule has 2 aromatic heterocycles. The second kappa shape index (κ2) is 8.05. The molecule has 1 N–H and O–H groups in total. The molecule has 0 saturated carbocycles. The number of phenolic OH excluding ortho intramolecular Hbond substituents is 1. The van der Waals surface area contributed by atoms with Crippen LogP contribution in [0.1, 0.15) is 39.8 Å². The average molecular weight is 430 g/mol. The molecule has 0 saturated heterocycles. The Hall–Kier alpha value is -3.78. The first kappa shape index (κ1) is 20.1. The van der Waals surface area contributed by atoms with Gasteiger partial charge in [-0.3, -0.25) is 4.79 Å². The minimum Gasteiger partial charge on any atom is -0.508 e. The molecule has 4 aromatic rings. The van der Waals surface area contributed by atoms with Crippen LogP contribution in [0.15, 0.2) is 48.5 Å². The van der Waals surface area contributed by atoms with Gasteiger partial charge in [0.1, 0.15) is 11.5 Å². The number of hydrogen-bond donors (Lipinski definition) is 1. The number of fused-ring (bicyclic) bond motifs is 3. The van der Waals surface area contributed by atoms with Crippen molar-refractivity contribution < 1.29 is 19.4 Å². The molecule has 32 heavy (non-hydrogen) atoms. The number of hydrogen-bond acceptors (Lipinski definition) is 7. The Labute approximate surface area is 184 Å². The first-order chi connectivity index (χ1) is 15.6. The number of para-hydroxylation sites is 2. The molecule has 0 amide bonds. The summed E-state index contributed by atoms with van der Waals surface area (Å²) in [5, 5.41) is 23.8. The molecule has 2 aromatic carbocycles. The van der Waals surface area contributed by atoms with Gasteiger partial charge >= 0.3 is 0 Å². The highest BCUT2D eigenvalue weighted by Crippen LogP contribution is 2.39. The van der Waals surface area contributed by atoms with Gasteiger partial charge < -0.3 is 14.6 Å². The van der Waals surface area contributed by atoms with Gasteiger partial charge in [-0.2, -0.15) is 5.10 Å². The van der Waals surface area contributed by atoms with Crippen LogP contribution in [0.3, 0.4) is 0 Å². The number of carbonyl (C=O) groups excluding carboxylic acids is 1. The van der Waals surface area contributed by atoms with Crippen LogP contribution in [0, 0.1) is 0 Å². The fraction of sp³-hybridized carbons (Fsp3) is 0.250. The molecule has 162 valence electrons. The van der Waals surface area contributed by atoms with Gasteiger partial charge in [0, 0.05) is 25.0 Å². The fourth-order valence-corrected chi connectivity index (χ4v) is 4.43. The molecule has 0 spiro atoms. The van der Waals surface area contributed by atoms with Crippen molar-refractivity contribution in [3.63, 3.8) is 0 Å². The van der Waals surface area contributed by atoms with Gasteiger partial charge in [0.2, 0.25) is 0 Å². The quantitative estimate of drug-likeness (QED) is 0.517. The third kappa shape index (κ3) is 3.20. The minimum absolute atomic E-state index is 0.114. The Morgan fingerprint density at radius 3 is 2.62 bits per heavy atom. The molecule has 8 heteroatoms. The molecule has 0 bridgehead atoms. The van der Waals surface area contributed by atoms with Gasteiger partial charge in [0.25, 0.3) is 0 Å². The van der Waals surface area contributed by atoms with Crippen molar-refractivity contribution in [2.75, 3.05) is 14.2 Å². The predicted molar refractivity (Wildman–Crippen MR) is 117 cm³/mol. The van der Waals surface area contributed by atoms with Gasteiger partial charge in [0.15, 0.2) is 17.1 Å². The SMILES string of the molecule is COCc1nn2c3c(nnc2c1-c1ccccc1OC)C(=O)C[C@H](c1ccccc1O)C3. The zero-order valence-corrected chi connectivity index (χ0v) is 17.8. The highest BCUT2D eigenvalue weighted by Gasteiger charge is 2.33. The summed E-state index contributed by atoms with van der Waals surface area (Å²) in [7, 11) is 3.22. The number of Topliss-reactive ketones (excluding diaryl/α,β-unsaturated/α-hetero) is 1. The normalized spacial score (nSPS) is 15.7. The molecule has 0 fully saturated rings. The zero-order valence-electron chi connectivity index (χ0n) is 17.8. The average Bonchev–Trinajstić information content (AvgIpc) is 3.18. The smallest absolute Gasteiger partial charge is 0.186 e. The van der Waals surface area contributed by atoms with Crippen molar-refractivity contribution in [2.24, 2.45) is 0 Å². The van der Waals surface area contributed by atoms with Gasteiger partial charge in [-0.15, -0.1) is 10.2 Å². The van der Waals surface area contributed by atoms with Crippen LogP contribution in [0.25, 0.3) is 16.8 Å². The number of benzene rings is 2. The minimum atomic E-state index is -0.173. The Balaban J connectivity index is 1.72. The summed E-state index contributed by atoms with van der Waals surface area (Å²) in [5.74, 6) is 0.578. The van der Waals surface area contributed by atoms with E-state index in [-0.39, 0.29) is 30.5 Å². The fourth-order valence-electron chi connectivity index (χ4n) is 4.43. The van der Waals surface area contributed by atoms with Gasteiger partial charge in [-0.05, 0) is 24.1 Å². The lowest BCUT2D eigenvalue weighted by atomic mass is 9.83. The third-order valence-corrected chi connectivity index (χ3v) is 5.88. The molecular weight excluding hydrogens is 408 g/mol. The van der Waals surface area contributed by atoms with E-state index in [4.69, 9.17) is 14.6 Å². The Kier molecular flexibility index (Phi) is 5.07. The van der Waals surface area contributed by atoms with Gasteiger partial charge in [-0.1, -0.05) is 36.4 Å². The molecule has 0 radical (unpaired) electrons. The number of ketones is 1. The number of phenols is 1. The van der Waals surface area contributed by atoms with E-state index in [1.54, 1.807) is 30.9 Å². The summed E-state index contributed by atoms with van der Waals surface area (Å²) in [6, 6.07) is 14.7. The van der Waals surface area contributed by atoms with Crippen LogP contribution in [0.5, 0.6) is 11.5 Å². The summed E-state index contributed by atoms with van der Waals surface area (Å²) >= 11 is 0. The van der Waals surface area contributed by atoms with Crippen molar-refractivity contribution in [2.45, 2.75) is 25.4 Å². The maximum atomic E-state index is 12.9. The van der Waals surface area contributed by atoms with Crippen LogP contribution in [0.4, 0.5) is 0 Å². The topological polar surface area (TPSA) is 98.8 Å². The summed E-state index contributed by atoms with van der Waals surface area (Å²) in [4.78, 5) is 12.9. The zero-order chi connectivity index (χ0) is 22.2. The molecule has 5 rings (SSSR count). The van der Waals surface area contributed by atoms with E-state index in [1.807, 2.05) is 36.4 Å². The second-order valence-electron chi connectivity index (χ2n) is 7.77. The number of methoxy groups -OCH3 is 2. The number of rotatable bonds is 5. The van der Waals surface area contributed by atoms with Crippen LogP contribution in [0.2, 0.25) is 0 Å². The lowest BCUT2D eigenvalue weighted by Crippen LogP contribution is -2.24. The molecule has 0 unspecified atom stereocenters. The lowest BCUT2D eigenvalue weighted by Gasteiger charge is -2.23. The molecule has 0 aliphatic heterocycles. The van der Waals surface area contributed by atoms with Crippen molar-refractivity contribution >= 4 is 11.4 Å². The monoisotopic (exact) mass is 430 g/mol. The number of aromatic hydroxyl groups is 1. The van der Waals surface area contributed by atoms with Crippen LogP contribution in [-0.2, 0) is 17.8 Å². The Morgan fingerprint density at radius 2 is 1.84 bits per heavy atom. The van der Waals surface area contributed by atoms with Gasteiger partial charge in [0.05, 0.1) is 30.7 Å². The van der Waals surface area contributed by atoms with Crippen molar-refractivity contribution in [3.8, 4) is 22.6 Å². The Bertz CT molecular complexity index is 1330. The summed E-state index contributed by atoms with van der Waals surface area (Å²) in [5.41, 5.74) is 4.54. The van der Waals surface area contributed by atoms with E-state index in [0.717, 1.165) is 16.7 Å². The van der Waals surface area contributed by atoms with Crippen LogP contribution >= 0.6 is 0 Å². The largest absolute Gasteiger partial charge is 0.508 e. The first-order valence-corrected chi connectivity index (χ1v) is 10.3. The Morgan fingerprint density at radius 1 is 1.06 bits per heavy atom. The molecule has 2 heterocycles. The number of nitrogens with zero attached hydrogens (tertiary/aromatic N) is 4. The van der Waals surface area contributed by atoms with Crippen molar-refractivity contribution in [1.82, 2.24) is 19.8 Å². The van der Waals surface area contributed by atoms with E-state index in [0.29, 0.717) is 34.9 Å². The first-order valence-electron chi connectivity index (χ1n) is 10.3. The molecule has 1 aliphatic carbocycles.